The number of rotatable bonds is 9. The van der Waals surface area contributed by atoms with Crippen LogP contribution in [0.25, 0.3) is 4.85 Å². The molecule has 0 radical (unpaired) electrons. The molecule has 2 aromatic carbocycles. The van der Waals surface area contributed by atoms with Crippen molar-refractivity contribution in [2.75, 3.05) is 0 Å². The van der Waals surface area contributed by atoms with E-state index in [0.717, 1.165) is 27.5 Å². The molecule has 0 aliphatic carbocycles. The van der Waals surface area contributed by atoms with E-state index in [1.54, 1.807) is 24.7 Å². The second-order valence-electron chi connectivity index (χ2n) is 24.6. The van der Waals surface area contributed by atoms with Crippen molar-refractivity contribution in [3.05, 3.63) is 252 Å². The van der Waals surface area contributed by atoms with Gasteiger partial charge in [-0.1, -0.05) is 153 Å². The van der Waals surface area contributed by atoms with E-state index in [1.165, 1.54) is 83.5 Å². The van der Waals surface area contributed by atoms with Gasteiger partial charge in [-0.25, -0.2) is 4.85 Å². The number of aliphatic hydroxyl groups excluding tert-OH is 1. The molecule has 1 N–H and O–H groups in total. The predicted molar refractivity (Wildman–Crippen MR) is 371 cm³/mol. The lowest BCUT2D eigenvalue weighted by Gasteiger charge is -2.11. The zero-order valence-corrected chi connectivity index (χ0v) is 58.2. The van der Waals surface area contributed by atoms with Gasteiger partial charge in [0.1, 0.15) is 0 Å². The van der Waals surface area contributed by atoms with Crippen LogP contribution in [-0.2, 0) is 6.61 Å². The summed E-state index contributed by atoms with van der Waals surface area (Å²) in [5.41, 5.74) is 23.8. The Kier molecular flexibility index (Phi) is 36.3. The molecule has 0 aliphatic heterocycles. The zero-order chi connectivity index (χ0) is 65.4. The highest BCUT2D eigenvalue weighted by Crippen LogP contribution is 2.27. The van der Waals surface area contributed by atoms with Gasteiger partial charge >= 0.3 is 0 Å². The highest BCUT2D eigenvalue weighted by molar-refractivity contribution is 6.31. The van der Waals surface area contributed by atoms with Crippen molar-refractivity contribution in [3.8, 4) is 0 Å². The normalized spacial score (nSPS) is 10.4. The summed E-state index contributed by atoms with van der Waals surface area (Å²) < 4.78 is 0. The summed E-state index contributed by atoms with van der Waals surface area (Å²) in [6, 6.07) is 22.6. The maximum atomic E-state index is 8.98. The fourth-order valence-electron chi connectivity index (χ4n) is 9.48. The van der Waals surface area contributed by atoms with Crippen molar-refractivity contribution in [1.82, 2.24) is 29.9 Å². The number of aromatic nitrogens is 6. The van der Waals surface area contributed by atoms with Crippen molar-refractivity contribution in [1.29, 1.82) is 0 Å². The molecule has 0 fully saturated rings. The van der Waals surface area contributed by atoms with Crippen molar-refractivity contribution < 1.29 is 5.11 Å². The molecule has 0 atom stereocenters. The number of nitrogens with zero attached hydrogens (tertiary/aromatic N) is 7. The average Bonchev–Trinajstić information content (AvgIpc) is 3.58. The van der Waals surface area contributed by atoms with Gasteiger partial charge in [-0.05, 0) is 241 Å². The number of halogens is 1. The van der Waals surface area contributed by atoms with E-state index in [-0.39, 0.29) is 6.61 Å². The molecule has 0 amide bonds. The first kappa shape index (κ1) is 77.1. The van der Waals surface area contributed by atoms with Gasteiger partial charge < -0.3 is 5.11 Å². The third-order valence-corrected chi connectivity index (χ3v) is 15.3. The number of aliphatic hydroxyl groups is 1. The van der Waals surface area contributed by atoms with Gasteiger partial charge in [0.2, 0.25) is 0 Å². The zero-order valence-electron chi connectivity index (χ0n) is 57.5. The molecule has 0 saturated heterocycles. The van der Waals surface area contributed by atoms with Gasteiger partial charge in [0.05, 0.1) is 13.2 Å². The maximum absolute atomic E-state index is 8.98. The maximum Gasteiger partial charge on any atom is 0.193 e. The van der Waals surface area contributed by atoms with Crippen LogP contribution in [0.1, 0.15) is 258 Å². The summed E-state index contributed by atoms with van der Waals surface area (Å²) >= 11 is 5.96. The number of benzene rings is 2. The van der Waals surface area contributed by atoms with E-state index in [4.69, 9.17) is 23.3 Å². The molecule has 8 rings (SSSR count). The molecule has 464 valence electrons. The lowest BCUT2D eigenvalue weighted by atomic mass is 9.95. The largest absolute Gasteiger partial charge is 0.392 e. The Morgan fingerprint density at radius 2 is 0.733 bits per heavy atom. The van der Waals surface area contributed by atoms with Crippen LogP contribution < -0.4 is 0 Å². The second kappa shape index (κ2) is 40.5. The molecule has 0 spiro atoms. The molecule has 8 aromatic rings. The van der Waals surface area contributed by atoms with E-state index in [2.05, 4.69) is 243 Å². The van der Waals surface area contributed by atoms with Crippen LogP contribution in [0.3, 0.4) is 0 Å². The lowest BCUT2D eigenvalue weighted by molar-refractivity contribution is 0.280. The van der Waals surface area contributed by atoms with Crippen LogP contribution in [0.2, 0.25) is 5.02 Å². The third kappa shape index (κ3) is 27.2. The van der Waals surface area contributed by atoms with Gasteiger partial charge in [-0.2, -0.15) is 0 Å². The van der Waals surface area contributed by atoms with E-state index in [1.807, 2.05) is 75.6 Å². The summed E-state index contributed by atoms with van der Waals surface area (Å²) in [5, 5.41) is 9.86. The van der Waals surface area contributed by atoms with Crippen LogP contribution in [-0.4, -0.2) is 35.0 Å². The number of hydrogen-bond donors (Lipinski definition) is 1. The first-order valence-electron chi connectivity index (χ1n) is 30.7. The molecule has 6 aromatic heterocycles. The van der Waals surface area contributed by atoms with Gasteiger partial charge in [-0.3, -0.25) is 29.9 Å². The van der Waals surface area contributed by atoms with Crippen molar-refractivity contribution in [3.63, 3.8) is 0 Å². The Labute approximate surface area is 528 Å². The summed E-state index contributed by atoms with van der Waals surface area (Å²) in [6.45, 7) is 60.7. The molecule has 8 nitrogen and oxygen atoms in total. The van der Waals surface area contributed by atoms with Crippen LogP contribution in [0.15, 0.2) is 135 Å². The summed E-state index contributed by atoms with van der Waals surface area (Å²) in [4.78, 5) is 27.9. The lowest BCUT2D eigenvalue weighted by Crippen LogP contribution is -1.98. The molecule has 9 heteroatoms. The quantitative estimate of drug-likeness (QED) is 0.144. The Morgan fingerprint density at radius 3 is 1.06 bits per heavy atom. The third-order valence-electron chi connectivity index (χ3n) is 14.9. The fraction of sp³-hybridized carbons (Fsp3) is 0.442. The van der Waals surface area contributed by atoms with Gasteiger partial charge in [0, 0.05) is 78.9 Å². The SMILES string of the molecule is Cc1c(CO)cncc1C(C)C.Cc1c(Cl)cccc1C(C)C.Cc1cc(C)c(C(C)C)cn1.Cc1cccc(C(C)C)c1C.Cc1ccncc1C(C)C.Cc1ccncc1C(C)C.Cc1ccncc1C(C)C.[C-]#[N+]c1ccncc1C(C)C. The molecule has 0 saturated carbocycles. The summed E-state index contributed by atoms with van der Waals surface area (Å²) in [7, 11) is 0. The molecule has 86 heavy (non-hydrogen) atoms. The molecular formula is C77H108ClN7O. The van der Waals surface area contributed by atoms with Crippen LogP contribution in [0.4, 0.5) is 5.69 Å². The average molecular weight is 1180 g/mol. The monoisotopic (exact) mass is 1180 g/mol. The number of hydrogen-bond acceptors (Lipinski definition) is 7. The fourth-order valence-corrected chi connectivity index (χ4v) is 9.66. The van der Waals surface area contributed by atoms with Crippen molar-refractivity contribution in [2.24, 2.45) is 0 Å². The Hall–Kier alpha value is -6.92. The van der Waals surface area contributed by atoms with Gasteiger partial charge in [-0.15, -0.1) is 0 Å². The highest BCUT2D eigenvalue weighted by Gasteiger charge is 2.09. The Morgan fingerprint density at radius 1 is 0.372 bits per heavy atom. The predicted octanol–water partition coefficient (Wildman–Crippen LogP) is 22.3. The van der Waals surface area contributed by atoms with E-state index < -0.39 is 0 Å². The van der Waals surface area contributed by atoms with Crippen molar-refractivity contribution >= 4 is 17.3 Å². The molecule has 0 unspecified atom stereocenters. The topological polar surface area (TPSA) is 102 Å². The van der Waals surface area contributed by atoms with Crippen LogP contribution in [0.5, 0.6) is 0 Å². The van der Waals surface area contributed by atoms with Crippen LogP contribution in [0, 0.1) is 68.9 Å². The smallest absolute Gasteiger partial charge is 0.193 e. The second-order valence-corrected chi connectivity index (χ2v) is 25.0. The first-order chi connectivity index (χ1) is 40.4. The summed E-state index contributed by atoms with van der Waals surface area (Å²) in [5.74, 6) is 4.43. The molecule has 0 aliphatic rings. The Balaban J connectivity index is 0.000000492. The minimum absolute atomic E-state index is 0.0827. The molecule has 0 bridgehead atoms. The van der Waals surface area contributed by atoms with E-state index in [9.17, 15) is 0 Å². The molecule has 6 heterocycles. The number of aryl methyl sites for hydroxylation is 6. The standard InChI is InChI=1S/C11H16.C10H13Cl.C10H15NO.C10H15N.C9H10N2.3C9H13N/c1-8(2)11-7-5-6-9(3)10(11)4;1-7(2)9-5-4-6-10(11)8(9)3;1-7(2)10-5-11-4-9(6-12)8(10)3;1-7(2)10-6-11-9(4)5-8(10)3;1-7(2)8-6-11-5-4-9(8)10-3;3*1-7(2)9-6-10-5-4-8(9)3/h5-8H,1-4H3;4-7H,1-3H3;4-5,7,12H,6H2,1-3H3;5-7H,1-4H3;4-7H,1-2H3;3*4-7H,1-3H3. The Bertz CT molecular complexity index is 3080. The summed E-state index contributed by atoms with van der Waals surface area (Å²) in [6.07, 6.45) is 20.3. The van der Waals surface area contributed by atoms with Crippen molar-refractivity contribution in [2.45, 2.75) is 227 Å². The number of pyridine rings is 6. The van der Waals surface area contributed by atoms with E-state index >= 15 is 0 Å². The first-order valence-corrected chi connectivity index (χ1v) is 31.1. The minimum atomic E-state index is 0.0827. The van der Waals surface area contributed by atoms with Gasteiger partial charge in [0.25, 0.3) is 0 Å². The molecular weight excluding hydrogens is 1070 g/mol. The van der Waals surface area contributed by atoms with Gasteiger partial charge in [0.15, 0.2) is 5.69 Å². The highest BCUT2D eigenvalue weighted by atomic mass is 35.5. The minimum Gasteiger partial charge on any atom is -0.392 e. The van der Waals surface area contributed by atoms with Crippen LogP contribution >= 0.6 is 11.6 Å². The van der Waals surface area contributed by atoms with E-state index in [0.29, 0.717) is 47.3 Å².